The van der Waals surface area contributed by atoms with Crippen molar-refractivity contribution in [2.45, 2.75) is 0 Å². The van der Waals surface area contributed by atoms with Crippen LogP contribution in [0, 0.1) is 0 Å². The first kappa shape index (κ1) is 22.5. The van der Waals surface area contributed by atoms with Crippen molar-refractivity contribution in [1.29, 1.82) is 0 Å². The van der Waals surface area contributed by atoms with E-state index in [2.05, 4.69) is 15.1 Å². The van der Waals surface area contributed by atoms with E-state index in [0.717, 1.165) is 30.2 Å². The SMILES string of the molecule is COc1ccccc1N1CCN(c2ccc(C(=O)O)cc2NC(=O)c2cccc(Cl)c2)CC1. The number of para-hydroxylation sites is 2. The van der Waals surface area contributed by atoms with Gasteiger partial charge < -0.3 is 25.0 Å². The summed E-state index contributed by atoms with van der Waals surface area (Å²) in [6.45, 7) is 2.90. The summed E-state index contributed by atoms with van der Waals surface area (Å²) < 4.78 is 5.49. The second-order valence-corrected chi connectivity index (χ2v) is 8.08. The van der Waals surface area contributed by atoms with Crippen LogP contribution in [0.15, 0.2) is 66.7 Å². The fourth-order valence-corrected chi connectivity index (χ4v) is 4.14. The van der Waals surface area contributed by atoms with Crippen molar-refractivity contribution in [2.24, 2.45) is 0 Å². The summed E-state index contributed by atoms with van der Waals surface area (Å²) in [5.41, 5.74) is 2.76. The Morgan fingerprint density at radius 2 is 1.58 bits per heavy atom. The Bertz CT molecular complexity index is 1180. The maximum atomic E-state index is 12.8. The lowest BCUT2D eigenvalue weighted by atomic mass is 10.1. The molecule has 1 aliphatic heterocycles. The van der Waals surface area contributed by atoms with Crippen molar-refractivity contribution in [3.8, 4) is 5.75 Å². The predicted molar refractivity (Wildman–Crippen MR) is 130 cm³/mol. The van der Waals surface area contributed by atoms with Crippen LogP contribution < -0.4 is 19.9 Å². The Labute approximate surface area is 197 Å². The van der Waals surface area contributed by atoms with Crippen LogP contribution in [0.5, 0.6) is 5.75 Å². The van der Waals surface area contributed by atoms with Crippen molar-refractivity contribution in [1.82, 2.24) is 0 Å². The summed E-state index contributed by atoms with van der Waals surface area (Å²) in [6.07, 6.45) is 0. The lowest BCUT2D eigenvalue weighted by Crippen LogP contribution is -2.46. The van der Waals surface area contributed by atoms with E-state index >= 15 is 0 Å². The molecule has 170 valence electrons. The summed E-state index contributed by atoms with van der Waals surface area (Å²) in [4.78, 5) is 28.8. The van der Waals surface area contributed by atoms with Crippen LogP contribution in [0.25, 0.3) is 0 Å². The molecule has 0 saturated carbocycles. The number of methoxy groups -OCH3 is 1. The molecular formula is C25H24ClN3O4. The molecular weight excluding hydrogens is 442 g/mol. The minimum Gasteiger partial charge on any atom is -0.495 e. The number of piperazine rings is 1. The van der Waals surface area contributed by atoms with Gasteiger partial charge in [-0.2, -0.15) is 0 Å². The minimum atomic E-state index is -1.05. The van der Waals surface area contributed by atoms with Gasteiger partial charge in [0.2, 0.25) is 0 Å². The fraction of sp³-hybridized carbons (Fsp3) is 0.200. The lowest BCUT2D eigenvalue weighted by molar-refractivity contribution is 0.0696. The number of hydrogen-bond acceptors (Lipinski definition) is 5. The van der Waals surface area contributed by atoms with Crippen LogP contribution >= 0.6 is 11.6 Å². The molecule has 0 spiro atoms. The van der Waals surface area contributed by atoms with Crippen LogP contribution in [0.3, 0.4) is 0 Å². The average Bonchev–Trinajstić information content (AvgIpc) is 2.84. The third kappa shape index (κ3) is 5.04. The number of nitrogens with zero attached hydrogens (tertiary/aromatic N) is 2. The molecule has 7 nitrogen and oxygen atoms in total. The molecule has 0 aromatic heterocycles. The normalized spacial score (nSPS) is 13.5. The van der Waals surface area contributed by atoms with E-state index in [0.29, 0.717) is 29.4 Å². The van der Waals surface area contributed by atoms with E-state index in [9.17, 15) is 14.7 Å². The Kier molecular flexibility index (Phi) is 6.70. The molecule has 3 aromatic rings. The first-order valence-corrected chi connectivity index (χ1v) is 10.9. The molecule has 8 heteroatoms. The molecule has 1 aliphatic rings. The maximum Gasteiger partial charge on any atom is 0.335 e. The largest absolute Gasteiger partial charge is 0.495 e. The smallest absolute Gasteiger partial charge is 0.335 e. The Hall–Kier alpha value is -3.71. The number of benzene rings is 3. The Morgan fingerprint density at radius 1 is 0.879 bits per heavy atom. The maximum absolute atomic E-state index is 12.8. The number of rotatable bonds is 6. The van der Waals surface area contributed by atoms with E-state index < -0.39 is 5.97 Å². The number of ether oxygens (including phenoxy) is 1. The number of nitrogens with one attached hydrogen (secondary N) is 1. The highest BCUT2D eigenvalue weighted by molar-refractivity contribution is 6.31. The van der Waals surface area contributed by atoms with Crippen molar-refractivity contribution in [3.63, 3.8) is 0 Å². The Morgan fingerprint density at radius 3 is 2.24 bits per heavy atom. The fourth-order valence-electron chi connectivity index (χ4n) is 3.95. The van der Waals surface area contributed by atoms with Gasteiger partial charge in [-0.25, -0.2) is 4.79 Å². The van der Waals surface area contributed by atoms with Gasteiger partial charge in [-0.1, -0.05) is 29.8 Å². The molecule has 1 fully saturated rings. The highest BCUT2D eigenvalue weighted by Crippen LogP contribution is 2.32. The van der Waals surface area contributed by atoms with Crippen molar-refractivity contribution in [3.05, 3.63) is 82.9 Å². The number of carbonyl (C=O) groups excluding carboxylic acids is 1. The van der Waals surface area contributed by atoms with Gasteiger partial charge in [-0.05, 0) is 48.5 Å². The number of amides is 1. The number of anilines is 3. The number of halogens is 1. The first-order chi connectivity index (χ1) is 16.0. The number of hydrogen-bond donors (Lipinski definition) is 2. The number of carboxylic acid groups (broad SMARTS) is 1. The lowest BCUT2D eigenvalue weighted by Gasteiger charge is -2.38. The molecule has 1 saturated heterocycles. The molecule has 0 aliphatic carbocycles. The summed E-state index contributed by atoms with van der Waals surface area (Å²) in [5.74, 6) is -0.582. The Balaban J connectivity index is 1.56. The van der Waals surface area contributed by atoms with Gasteiger partial charge in [-0.3, -0.25) is 4.79 Å². The second kappa shape index (κ2) is 9.83. The van der Waals surface area contributed by atoms with Crippen molar-refractivity contribution >= 4 is 40.5 Å². The van der Waals surface area contributed by atoms with E-state index in [1.807, 2.05) is 24.3 Å². The topological polar surface area (TPSA) is 82.1 Å². The number of carbonyl (C=O) groups is 2. The summed E-state index contributed by atoms with van der Waals surface area (Å²) >= 11 is 6.02. The van der Waals surface area contributed by atoms with Crippen LogP contribution in [0.4, 0.5) is 17.1 Å². The van der Waals surface area contributed by atoms with Crippen LogP contribution in [0.2, 0.25) is 5.02 Å². The third-order valence-corrected chi connectivity index (χ3v) is 5.86. The monoisotopic (exact) mass is 465 g/mol. The summed E-state index contributed by atoms with van der Waals surface area (Å²) in [6, 6.07) is 19.3. The average molecular weight is 466 g/mol. The van der Waals surface area contributed by atoms with Gasteiger partial charge in [0.1, 0.15) is 5.75 Å². The van der Waals surface area contributed by atoms with Gasteiger partial charge >= 0.3 is 5.97 Å². The van der Waals surface area contributed by atoms with E-state index in [1.165, 1.54) is 6.07 Å². The zero-order valence-electron chi connectivity index (χ0n) is 18.1. The van der Waals surface area contributed by atoms with Gasteiger partial charge in [-0.15, -0.1) is 0 Å². The second-order valence-electron chi connectivity index (χ2n) is 7.65. The molecule has 0 radical (unpaired) electrons. The zero-order chi connectivity index (χ0) is 23.4. The molecule has 3 aromatic carbocycles. The first-order valence-electron chi connectivity index (χ1n) is 10.5. The quantitative estimate of drug-likeness (QED) is 0.552. The van der Waals surface area contributed by atoms with Gasteiger partial charge in [0.05, 0.1) is 29.7 Å². The number of carboxylic acids is 1. The molecule has 0 unspecified atom stereocenters. The highest BCUT2D eigenvalue weighted by atomic mass is 35.5. The van der Waals surface area contributed by atoms with Gasteiger partial charge in [0.15, 0.2) is 0 Å². The van der Waals surface area contributed by atoms with Crippen LogP contribution in [-0.2, 0) is 0 Å². The van der Waals surface area contributed by atoms with E-state index in [-0.39, 0.29) is 11.5 Å². The molecule has 4 rings (SSSR count). The molecule has 0 atom stereocenters. The zero-order valence-corrected chi connectivity index (χ0v) is 18.9. The van der Waals surface area contributed by atoms with Crippen molar-refractivity contribution < 1.29 is 19.4 Å². The standard InChI is InChI=1S/C25H24ClN3O4/c1-33-23-8-3-2-7-22(23)29-13-11-28(12-14-29)21-10-9-18(25(31)32)16-20(21)27-24(30)17-5-4-6-19(26)15-17/h2-10,15-16H,11-14H2,1H3,(H,27,30)(H,31,32). The predicted octanol–water partition coefficient (Wildman–Crippen LogP) is 4.63. The third-order valence-electron chi connectivity index (χ3n) is 5.62. The van der Waals surface area contributed by atoms with E-state index in [1.54, 1.807) is 43.5 Å². The molecule has 1 amide bonds. The molecule has 0 bridgehead atoms. The van der Waals surface area contributed by atoms with Crippen LogP contribution in [-0.4, -0.2) is 50.3 Å². The molecule has 1 heterocycles. The molecule has 2 N–H and O–H groups in total. The van der Waals surface area contributed by atoms with Crippen LogP contribution in [0.1, 0.15) is 20.7 Å². The van der Waals surface area contributed by atoms with Crippen molar-refractivity contribution in [2.75, 3.05) is 48.4 Å². The van der Waals surface area contributed by atoms with Gasteiger partial charge in [0.25, 0.3) is 5.91 Å². The number of aromatic carboxylic acids is 1. The highest BCUT2D eigenvalue weighted by Gasteiger charge is 2.23. The summed E-state index contributed by atoms with van der Waals surface area (Å²) in [7, 11) is 1.66. The van der Waals surface area contributed by atoms with E-state index in [4.69, 9.17) is 16.3 Å². The molecule has 33 heavy (non-hydrogen) atoms. The summed E-state index contributed by atoms with van der Waals surface area (Å²) in [5, 5.41) is 12.8. The minimum absolute atomic E-state index is 0.104. The van der Waals surface area contributed by atoms with Gasteiger partial charge in [0, 0.05) is 36.8 Å².